The van der Waals surface area contributed by atoms with E-state index in [1.807, 2.05) is 12.1 Å². The summed E-state index contributed by atoms with van der Waals surface area (Å²) in [6, 6.07) is 7.33. The highest BCUT2D eigenvalue weighted by Gasteiger charge is 2.22. The number of nitrogens with zero attached hydrogens (tertiary/aromatic N) is 1. The van der Waals surface area contributed by atoms with Gasteiger partial charge in [0.15, 0.2) is 18.1 Å². The van der Waals surface area contributed by atoms with Gasteiger partial charge >= 0.3 is 0 Å². The van der Waals surface area contributed by atoms with E-state index in [4.69, 9.17) is 14.2 Å². The molecule has 0 aliphatic carbocycles. The first-order chi connectivity index (χ1) is 10.1. The van der Waals surface area contributed by atoms with Crippen molar-refractivity contribution < 1.29 is 19.1 Å². The lowest BCUT2D eigenvalue weighted by atomic mass is 10.0. The Kier molecular flexibility index (Phi) is 3.13. The van der Waals surface area contributed by atoms with Crippen molar-refractivity contribution in [3.8, 4) is 17.2 Å². The standard InChI is InChI=1S/C15H13NO5/c1-19-14-5-9-3-4-13-12(11(9)7-15(14)20-2)6-10(8-21-13)16(17)18/h3-7H,8H2,1-2H3. The number of methoxy groups -OCH3 is 2. The molecule has 1 heterocycles. The summed E-state index contributed by atoms with van der Waals surface area (Å²) in [6.45, 7) is -0.0290. The molecule has 0 bridgehead atoms. The van der Waals surface area contributed by atoms with Gasteiger partial charge in [0.2, 0.25) is 0 Å². The van der Waals surface area contributed by atoms with Crippen LogP contribution in [0.4, 0.5) is 0 Å². The van der Waals surface area contributed by atoms with E-state index in [0.29, 0.717) is 22.8 Å². The number of nitro groups is 1. The molecule has 6 nitrogen and oxygen atoms in total. The molecule has 3 rings (SSSR count). The van der Waals surface area contributed by atoms with E-state index in [2.05, 4.69) is 0 Å². The van der Waals surface area contributed by atoms with Gasteiger partial charge in [-0.15, -0.1) is 0 Å². The summed E-state index contributed by atoms with van der Waals surface area (Å²) in [7, 11) is 3.11. The first kappa shape index (κ1) is 13.2. The molecular formula is C15H13NO5. The summed E-state index contributed by atoms with van der Waals surface area (Å²) in [5.74, 6) is 1.81. The number of ether oxygens (including phenoxy) is 3. The van der Waals surface area contributed by atoms with E-state index in [0.717, 1.165) is 10.8 Å². The predicted octanol–water partition coefficient (Wildman–Crippen LogP) is 2.87. The lowest BCUT2D eigenvalue weighted by Crippen LogP contribution is -2.13. The van der Waals surface area contributed by atoms with Crippen molar-refractivity contribution in [2.24, 2.45) is 0 Å². The Morgan fingerprint density at radius 1 is 1.19 bits per heavy atom. The normalized spacial score (nSPS) is 13.1. The Bertz CT molecular complexity index is 766. The fourth-order valence-electron chi connectivity index (χ4n) is 2.39. The van der Waals surface area contributed by atoms with Crippen molar-refractivity contribution in [1.29, 1.82) is 0 Å². The van der Waals surface area contributed by atoms with Crippen molar-refractivity contribution in [3.63, 3.8) is 0 Å². The lowest BCUT2D eigenvalue weighted by Gasteiger charge is -2.17. The van der Waals surface area contributed by atoms with E-state index in [1.54, 1.807) is 32.4 Å². The highest BCUT2D eigenvalue weighted by atomic mass is 16.6. The molecule has 0 aromatic heterocycles. The van der Waals surface area contributed by atoms with Gasteiger partial charge in [-0.3, -0.25) is 10.1 Å². The second kappa shape index (κ2) is 4.97. The molecule has 0 amide bonds. The summed E-state index contributed by atoms with van der Waals surface area (Å²) in [5.41, 5.74) is 0.719. The highest BCUT2D eigenvalue weighted by molar-refractivity contribution is 5.96. The fraction of sp³-hybridized carbons (Fsp3) is 0.200. The van der Waals surface area contributed by atoms with Crippen LogP contribution in [0.5, 0.6) is 17.2 Å². The number of hydrogen-bond acceptors (Lipinski definition) is 5. The van der Waals surface area contributed by atoms with Crippen LogP contribution in [0.1, 0.15) is 5.56 Å². The molecule has 0 atom stereocenters. The lowest BCUT2D eigenvalue weighted by molar-refractivity contribution is -0.427. The molecule has 0 fully saturated rings. The van der Waals surface area contributed by atoms with E-state index in [-0.39, 0.29) is 12.3 Å². The molecular weight excluding hydrogens is 274 g/mol. The minimum absolute atomic E-state index is 0.0290. The quantitative estimate of drug-likeness (QED) is 0.641. The third-order valence-electron chi connectivity index (χ3n) is 3.45. The summed E-state index contributed by atoms with van der Waals surface area (Å²) in [6.07, 6.45) is 1.55. The van der Waals surface area contributed by atoms with Crippen LogP contribution in [0.15, 0.2) is 30.0 Å². The third kappa shape index (κ3) is 2.14. The maximum atomic E-state index is 10.9. The van der Waals surface area contributed by atoms with Crippen LogP contribution >= 0.6 is 0 Å². The largest absolute Gasteiger partial charge is 0.493 e. The minimum atomic E-state index is -0.428. The Balaban J connectivity index is 2.28. The minimum Gasteiger partial charge on any atom is -0.493 e. The Labute approximate surface area is 120 Å². The van der Waals surface area contributed by atoms with Crippen LogP contribution in [-0.4, -0.2) is 25.7 Å². The molecule has 2 aromatic rings. The van der Waals surface area contributed by atoms with Crippen LogP contribution in [0.25, 0.3) is 16.8 Å². The molecule has 0 saturated heterocycles. The van der Waals surface area contributed by atoms with Crippen LogP contribution in [-0.2, 0) is 0 Å². The maximum Gasteiger partial charge on any atom is 0.284 e. The van der Waals surface area contributed by atoms with Gasteiger partial charge in [0.1, 0.15) is 5.75 Å². The third-order valence-corrected chi connectivity index (χ3v) is 3.45. The SMILES string of the molecule is COc1cc2ccc3c(c2cc1OC)C=C([N+](=O)[O-])CO3. The van der Waals surface area contributed by atoms with Crippen molar-refractivity contribution in [2.45, 2.75) is 0 Å². The van der Waals surface area contributed by atoms with Crippen LogP contribution < -0.4 is 14.2 Å². The van der Waals surface area contributed by atoms with Gasteiger partial charge in [-0.1, -0.05) is 6.07 Å². The Hall–Kier alpha value is -2.76. The van der Waals surface area contributed by atoms with Gasteiger partial charge in [-0.25, -0.2) is 0 Å². The summed E-state index contributed by atoms with van der Waals surface area (Å²) in [5, 5.41) is 12.7. The maximum absolute atomic E-state index is 10.9. The van der Waals surface area contributed by atoms with Gasteiger partial charge in [-0.05, 0) is 29.0 Å². The van der Waals surface area contributed by atoms with Gasteiger partial charge in [0.05, 0.1) is 19.1 Å². The summed E-state index contributed by atoms with van der Waals surface area (Å²) in [4.78, 5) is 10.5. The van der Waals surface area contributed by atoms with Crippen molar-refractivity contribution >= 4 is 16.8 Å². The number of rotatable bonds is 3. The van der Waals surface area contributed by atoms with Crippen LogP contribution in [0.3, 0.4) is 0 Å². The molecule has 2 aromatic carbocycles. The molecule has 0 unspecified atom stereocenters. The van der Waals surface area contributed by atoms with E-state index >= 15 is 0 Å². The number of benzene rings is 2. The average Bonchev–Trinajstić information content (AvgIpc) is 2.52. The van der Waals surface area contributed by atoms with Gasteiger partial charge < -0.3 is 14.2 Å². The van der Waals surface area contributed by atoms with Crippen molar-refractivity contribution in [3.05, 3.63) is 45.6 Å². The number of hydrogen-bond donors (Lipinski definition) is 0. The van der Waals surface area contributed by atoms with E-state index in [9.17, 15) is 10.1 Å². The second-order valence-corrected chi connectivity index (χ2v) is 4.59. The summed E-state index contributed by atoms with van der Waals surface area (Å²) >= 11 is 0. The molecule has 0 spiro atoms. The molecule has 0 N–H and O–H groups in total. The Morgan fingerprint density at radius 3 is 2.57 bits per heavy atom. The molecule has 21 heavy (non-hydrogen) atoms. The second-order valence-electron chi connectivity index (χ2n) is 4.59. The summed E-state index contributed by atoms with van der Waals surface area (Å²) < 4.78 is 16.0. The van der Waals surface area contributed by atoms with Gasteiger partial charge in [0, 0.05) is 11.6 Å². The zero-order chi connectivity index (χ0) is 15.0. The zero-order valence-corrected chi connectivity index (χ0v) is 11.6. The monoisotopic (exact) mass is 287 g/mol. The molecule has 6 heteroatoms. The highest BCUT2D eigenvalue weighted by Crippen LogP contribution is 2.39. The van der Waals surface area contributed by atoms with E-state index in [1.165, 1.54) is 0 Å². The Morgan fingerprint density at radius 2 is 1.90 bits per heavy atom. The molecule has 0 radical (unpaired) electrons. The zero-order valence-electron chi connectivity index (χ0n) is 11.6. The van der Waals surface area contributed by atoms with Gasteiger partial charge in [0.25, 0.3) is 5.70 Å². The van der Waals surface area contributed by atoms with E-state index < -0.39 is 4.92 Å². The van der Waals surface area contributed by atoms with Gasteiger partial charge in [-0.2, -0.15) is 0 Å². The van der Waals surface area contributed by atoms with Crippen molar-refractivity contribution in [1.82, 2.24) is 0 Å². The smallest absolute Gasteiger partial charge is 0.284 e. The molecule has 1 aliphatic rings. The van der Waals surface area contributed by atoms with Crippen LogP contribution in [0.2, 0.25) is 0 Å². The predicted molar refractivity (Wildman–Crippen MR) is 77.5 cm³/mol. The average molecular weight is 287 g/mol. The topological polar surface area (TPSA) is 70.8 Å². The number of fused-ring (bicyclic) bond motifs is 3. The van der Waals surface area contributed by atoms with Crippen molar-refractivity contribution in [2.75, 3.05) is 20.8 Å². The van der Waals surface area contributed by atoms with Crippen LogP contribution in [0, 0.1) is 10.1 Å². The first-order valence-corrected chi connectivity index (χ1v) is 6.30. The molecule has 1 aliphatic heterocycles. The first-order valence-electron chi connectivity index (χ1n) is 6.30. The molecule has 0 saturated carbocycles. The fourth-order valence-corrected chi connectivity index (χ4v) is 2.39. The molecule has 108 valence electrons.